The van der Waals surface area contributed by atoms with E-state index >= 15 is 0 Å². The van der Waals surface area contributed by atoms with E-state index in [-0.39, 0.29) is 5.91 Å². The number of halogens is 3. The van der Waals surface area contributed by atoms with Crippen molar-refractivity contribution in [3.05, 3.63) is 35.4 Å². The van der Waals surface area contributed by atoms with E-state index in [1.54, 1.807) is 0 Å². The second-order valence-electron chi connectivity index (χ2n) is 9.25. The van der Waals surface area contributed by atoms with E-state index in [9.17, 15) is 4.79 Å². The molecule has 168 valence electrons. The van der Waals surface area contributed by atoms with Gasteiger partial charge in [-0.2, -0.15) is 0 Å². The molecule has 0 aliphatic heterocycles. The first kappa shape index (κ1) is 24.2. The van der Waals surface area contributed by atoms with Gasteiger partial charge in [0, 0.05) is 18.7 Å². The average molecular weight is 474 g/mol. The second-order valence-corrected chi connectivity index (χ2v) is 11.6. The fraction of sp³-hybridized carbons (Fsp3) is 0.708. The van der Waals surface area contributed by atoms with Gasteiger partial charge in [-0.15, -0.1) is 0 Å². The van der Waals surface area contributed by atoms with E-state index in [1.165, 1.54) is 64.2 Å². The van der Waals surface area contributed by atoms with Gasteiger partial charge in [0.1, 0.15) is 6.17 Å². The number of hydrogen-bond donors (Lipinski definition) is 1. The molecule has 0 radical (unpaired) electrons. The van der Waals surface area contributed by atoms with Crippen LogP contribution in [0, 0.1) is 18.8 Å². The highest BCUT2D eigenvalue weighted by Crippen LogP contribution is 2.36. The van der Waals surface area contributed by atoms with Crippen molar-refractivity contribution in [2.75, 3.05) is 13.1 Å². The van der Waals surface area contributed by atoms with Gasteiger partial charge in [-0.1, -0.05) is 91.0 Å². The molecule has 0 bridgehead atoms. The second kappa shape index (κ2) is 11.4. The Balaban J connectivity index is 1.77. The van der Waals surface area contributed by atoms with E-state index < -0.39 is 9.96 Å². The van der Waals surface area contributed by atoms with Crippen molar-refractivity contribution in [2.45, 2.75) is 81.1 Å². The van der Waals surface area contributed by atoms with Crippen LogP contribution in [0.5, 0.6) is 0 Å². The van der Waals surface area contributed by atoms with Crippen LogP contribution in [0.1, 0.15) is 80.1 Å². The summed E-state index contributed by atoms with van der Waals surface area (Å²) in [6.45, 7) is 3.76. The van der Waals surface area contributed by atoms with Crippen LogP contribution in [0.2, 0.25) is 0 Å². The van der Waals surface area contributed by atoms with E-state index in [0.717, 1.165) is 18.7 Å². The zero-order valence-electron chi connectivity index (χ0n) is 18.0. The van der Waals surface area contributed by atoms with E-state index in [0.29, 0.717) is 17.4 Å². The molecule has 6 heteroatoms. The van der Waals surface area contributed by atoms with Gasteiger partial charge in [0.15, 0.2) is 0 Å². The maximum Gasteiger partial charge on any atom is 0.252 e. The fourth-order valence-corrected chi connectivity index (χ4v) is 5.56. The molecule has 0 unspecified atom stereocenters. The van der Waals surface area contributed by atoms with Gasteiger partial charge >= 0.3 is 0 Å². The number of amides is 1. The average Bonchev–Trinajstić information content (AvgIpc) is 2.72. The molecule has 2 saturated carbocycles. The van der Waals surface area contributed by atoms with Crippen molar-refractivity contribution >= 4 is 40.7 Å². The third-order valence-corrected chi connectivity index (χ3v) is 7.31. The molecule has 2 aliphatic rings. The minimum atomic E-state index is -1.59. The Morgan fingerprint density at radius 1 is 0.933 bits per heavy atom. The Morgan fingerprint density at radius 3 is 1.83 bits per heavy atom. The Labute approximate surface area is 196 Å². The Bertz CT molecular complexity index is 642. The topological polar surface area (TPSA) is 32.3 Å². The summed E-state index contributed by atoms with van der Waals surface area (Å²) in [6.07, 6.45) is 12.0. The fourth-order valence-electron chi connectivity index (χ4n) is 4.98. The van der Waals surface area contributed by atoms with Gasteiger partial charge in [-0.25, -0.2) is 0 Å². The van der Waals surface area contributed by atoms with Crippen LogP contribution < -0.4 is 5.32 Å². The van der Waals surface area contributed by atoms with Gasteiger partial charge < -0.3 is 5.32 Å². The molecule has 0 aromatic heterocycles. The van der Waals surface area contributed by atoms with Crippen LogP contribution >= 0.6 is 34.8 Å². The molecular formula is C24H35Cl3N2O. The number of aryl methyl sites for hydroxylation is 1. The zero-order valence-corrected chi connectivity index (χ0v) is 20.3. The number of nitrogens with zero attached hydrogens (tertiary/aromatic N) is 1. The normalized spacial score (nSPS) is 20.3. The number of carbonyl (C=O) groups excluding carboxylic acids is 1. The van der Waals surface area contributed by atoms with Crippen molar-refractivity contribution in [3.8, 4) is 0 Å². The van der Waals surface area contributed by atoms with Gasteiger partial charge in [0.2, 0.25) is 3.79 Å². The molecule has 3 rings (SSSR count). The monoisotopic (exact) mass is 472 g/mol. The molecule has 1 N–H and O–H groups in total. The summed E-state index contributed by atoms with van der Waals surface area (Å²) in [5.41, 5.74) is 1.70. The highest BCUT2D eigenvalue weighted by molar-refractivity contribution is 6.68. The van der Waals surface area contributed by atoms with Gasteiger partial charge in [-0.3, -0.25) is 9.69 Å². The summed E-state index contributed by atoms with van der Waals surface area (Å²) in [4.78, 5) is 15.3. The summed E-state index contributed by atoms with van der Waals surface area (Å²) >= 11 is 19.4. The lowest BCUT2D eigenvalue weighted by atomic mass is 9.86. The molecule has 30 heavy (non-hydrogen) atoms. The van der Waals surface area contributed by atoms with E-state index in [2.05, 4.69) is 10.2 Å². The number of alkyl halides is 3. The number of benzene rings is 1. The number of carbonyl (C=O) groups is 1. The molecule has 1 amide bonds. The Kier molecular flexibility index (Phi) is 9.19. The maximum absolute atomic E-state index is 13.0. The van der Waals surface area contributed by atoms with Crippen LogP contribution in [0.3, 0.4) is 0 Å². The first-order valence-corrected chi connectivity index (χ1v) is 12.6. The summed E-state index contributed by atoms with van der Waals surface area (Å²) < 4.78 is -1.59. The predicted octanol–water partition coefficient (Wildman–Crippen LogP) is 6.88. The number of nitrogens with one attached hydrogen (secondary N) is 1. The minimum Gasteiger partial charge on any atom is -0.332 e. The first-order chi connectivity index (χ1) is 14.3. The standard InChI is InChI=1S/C24H35Cl3N2O/c1-18-12-14-21(15-13-18)22(30)28-23(24(25,26)27)29(16-19-8-4-2-5-9-19)17-20-10-6-3-7-11-20/h12-15,19-20,23H,2-11,16-17H2,1H3,(H,28,30)/t23-/m0/s1. The SMILES string of the molecule is Cc1ccc(C(=O)N[C@@H](N(CC2CCCCC2)CC2CCCCC2)C(Cl)(Cl)Cl)cc1. The first-order valence-electron chi connectivity index (χ1n) is 11.5. The zero-order chi connectivity index (χ0) is 21.6. The molecule has 0 saturated heterocycles. The number of hydrogen-bond acceptors (Lipinski definition) is 2. The van der Waals surface area contributed by atoms with Crippen LogP contribution in [0.4, 0.5) is 0 Å². The van der Waals surface area contributed by atoms with E-state index in [4.69, 9.17) is 34.8 Å². The predicted molar refractivity (Wildman–Crippen MR) is 127 cm³/mol. The smallest absolute Gasteiger partial charge is 0.252 e. The van der Waals surface area contributed by atoms with Crippen LogP contribution in [-0.4, -0.2) is 33.9 Å². The van der Waals surface area contributed by atoms with Crippen molar-refractivity contribution in [1.29, 1.82) is 0 Å². The highest BCUT2D eigenvalue weighted by Gasteiger charge is 2.40. The maximum atomic E-state index is 13.0. The lowest BCUT2D eigenvalue weighted by Gasteiger charge is -2.41. The molecule has 2 aliphatic carbocycles. The lowest BCUT2D eigenvalue weighted by molar-refractivity contribution is 0.0733. The van der Waals surface area contributed by atoms with E-state index in [1.807, 2.05) is 31.2 Å². The number of rotatable bonds is 7. The summed E-state index contributed by atoms with van der Waals surface area (Å²) in [7, 11) is 0. The summed E-state index contributed by atoms with van der Waals surface area (Å²) in [5.74, 6) is 1.02. The lowest BCUT2D eigenvalue weighted by Crippen LogP contribution is -2.57. The molecular weight excluding hydrogens is 439 g/mol. The van der Waals surface area contributed by atoms with Crippen molar-refractivity contribution in [2.24, 2.45) is 11.8 Å². The van der Waals surface area contributed by atoms with Crippen molar-refractivity contribution in [1.82, 2.24) is 10.2 Å². The molecule has 0 heterocycles. The van der Waals surface area contributed by atoms with Crippen molar-refractivity contribution in [3.63, 3.8) is 0 Å². The Hall–Kier alpha value is -0.480. The molecule has 1 aromatic rings. The van der Waals surface area contributed by atoms with Crippen molar-refractivity contribution < 1.29 is 4.79 Å². The van der Waals surface area contributed by atoms with Gasteiger partial charge in [-0.05, 0) is 56.6 Å². The Morgan fingerprint density at radius 2 is 1.40 bits per heavy atom. The van der Waals surface area contributed by atoms with Crippen LogP contribution in [0.15, 0.2) is 24.3 Å². The summed E-state index contributed by atoms with van der Waals surface area (Å²) in [6, 6.07) is 7.52. The minimum absolute atomic E-state index is 0.191. The molecule has 3 nitrogen and oxygen atoms in total. The molecule has 1 aromatic carbocycles. The largest absolute Gasteiger partial charge is 0.332 e. The molecule has 0 spiro atoms. The van der Waals surface area contributed by atoms with Gasteiger partial charge in [0.05, 0.1) is 0 Å². The highest BCUT2D eigenvalue weighted by atomic mass is 35.6. The third-order valence-electron chi connectivity index (χ3n) is 6.69. The van der Waals surface area contributed by atoms with Crippen LogP contribution in [0.25, 0.3) is 0 Å². The quantitative estimate of drug-likeness (QED) is 0.345. The van der Waals surface area contributed by atoms with Gasteiger partial charge in [0.25, 0.3) is 5.91 Å². The third kappa shape index (κ3) is 7.29. The van der Waals surface area contributed by atoms with Crippen LogP contribution in [-0.2, 0) is 0 Å². The molecule has 1 atom stereocenters. The molecule has 2 fully saturated rings. The summed E-state index contributed by atoms with van der Waals surface area (Å²) in [5, 5.41) is 3.06.